The van der Waals surface area contributed by atoms with E-state index in [0.717, 1.165) is 20.9 Å². The molecule has 0 aliphatic carbocycles. The largest absolute Gasteiger partial charge is 0.490 e. The van der Waals surface area contributed by atoms with Crippen LogP contribution in [0.2, 0.25) is 0 Å². The van der Waals surface area contributed by atoms with E-state index in [1.54, 1.807) is 42.5 Å². The highest BCUT2D eigenvalue weighted by Crippen LogP contribution is 2.29. The third-order valence-electron chi connectivity index (χ3n) is 5.18. The highest BCUT2D eigenvalue weighted by atomic mass is 79.9. The smallest absolute Gasteiger partial charge is 0.343 e. The van der Waals surface area contributed by atoms with E-state index in [0.29, 0.717) is 29.2 Å². The second kappa shape index (κ2) is 12.0. The van der Waals surface area contributed by atoms with Crippen LogP contribution in [0, 0.1) is 0 Å². The van der Waals surface area contributed by atoms with Crippen molar-refractivity contribution in [3.63, 3.8) is 0 Å². The first-order valence-corrected chi connectivity index (χ1v) is 12.1. The van der Waals surface area contributed by atoms with E-state index in [4.69, 9.17) is 9.47 Å². The number of hydrazone groups is 1. The summed E-state index contributed by atoms with van der Waals surface area (Å²) in [5, 5.41) is 9.32. The summed E-state index contributed by atoms with van der Waals surface area (Å²) in [5.41, 5.74) is 4.48. The molecule has 1 amide bonds. The first-order chi connectivity index (χ1) is 17.5. The number of hydrogen-bond acceptors (Lipinski definition) is 6. The first-order valence-electron chi connectivity index (χ1n) is 11.3. The Morgan fingerprint density at radius 3 is 2.53 bits per heavy atom. The van der Waals surface area contributed by atoms with E-state index in [2.05, 4.69) is 31.8 Å². The summed E-state index contributed by atoms with van der Waals surface area (Å²) in [6.45, 7) is 2.30. The zero-order valence-electron chi connectivity index (χ0n) is 19.5. The monoisotopic (exact) mass is 545 g/mol. The van der Waals surface area contributed by atoms with Gasteiger partial charge >= 0.3 is 5.97 Å². The number of nitrogens with zero attached hydrogens (tertiary/aromatic N) is 1. The lowest BCUT2D eigenvalue weighted by Crippen LogP contribution is -2.25. The summed E-state index contributed by atoms with van der Waals surface area (Å²) in [6, 6.07) is 25.8. The topological polar surface area (TPSA) is 89.0 Å². The Kier molecular flexibility index (Phi) is 8.31. The molecule has 8 heteroatoms. The van der Waals surface area contributed by atoms with Gasteiger partial charge in [-0.2, -0.15) is 5.10 Å². The minimum Gasteiger partial charge on any atom is -0.490 e. The molecule has 0 bridgehead atoms. The minimum absolute atomic E-state index is 0.0699. The van der Waals surface area contributed by atoms with Gasteiger partial charge in [-0.05, 0) is 66.4 Å². The van der Waals surface area contributed by atoms with Gasteiger partial charge in [-0.3, -0.25) is 4.79 Å². The molecular formula is C28H24BrN3O4. The molecule has 0 atom stereocenters. The van der Waals surface area contributed by atoms with Gasteiger partial charge in [-0.15, -0.1) is 0 Å². The van der Waals surface area contributed by atoms with Crippen molar-refractivity contribution in [3.05, 3.63) is 101 Å². The number of ether oxygens (including phenoxy) is 2. The number of benzene rings is 4. The van der Waals surface area contributed by atoms with Crippen LogP contribution in [0.25, 0.3) is 10.8 Å². The lowest BCUT2D eigenvalue weighted by molar-refractivity contribution is -0.119. The molecule has 0 aliphatic rings. The normalized spacial score (nSPS) is 10.8. The van der Waals surface area contributed by atoms with Crippen molar-refractivity contribution < 1.29 is 19.1 Å². The van der Waals surface area contributed by atoms with Gasteiger partial charge in [0, 0.05) is 15.5 Å². The Hall–Kier alpha value is -4.17. The predicted molar refractivity (Wildman–Crippen MR) is 145 cm³/mol. The standard InChI is InChI=1S/C28H24BrN3O4/c1-2-35-26-16-19(10-15-25(26)36-28(34)21-11-13-22(29)14-12-21)17-31-32-27(33)18-30-24-9-5-7-20-6-3-4-8-23(20)24/h3-17,30H,2,18H2,1H3,(H,32,33)/b31-17+. The van der Waals surface area contributed by atoms with Crippen molar-refractivity contribution >= 4 is 50.5 Å². The summed E-state index contributed by atoms with van der Waals surface area (Å²) >= 11 is 3.34. The molecule has 0 spiro atoms. The number of hydrogen-bond donors (Lipinski definition) is 2. The van der Waals surface area contributed by atoms with Crippen molar-refractivity contribution in [1.82, 2.24) is 5.43 Å². The third-order valence-corrected chi connectivity index (χ3v) is 5.71. The molecule has 0 saturated carbocycles. The number of rotatable bonds is 9. The molecule has 0 aliphatic heterocycles. The number of anilines is 1. The average Bonchev–Trinajstić information content (AvgIpc) is 2.89. The van der Waals surface area contributed by atoms with Crippen LogP contribution in [-0.2, 0) is 4.79 Å². The van der Waals surface area contributed by atoms with Gasteiger partial charge in [0.2, 0.25) is 0 Å². The lowest BCUT2D eigenvalue weighted by atomic mass is 10.1. The zero-order chi connectivity index (χ0) is 25.3. The highest BCUT2D eigenvalue weighted by molar-refractivity contribution is 9.10. The fourth-order valence-corrected chi connectivity index (χ4v) is 3.74. The Bertz CT molecular complexity index is 1400. The van der Waals surface area contributed by atoms with Crippen LogP contribution >= 0.6 is 15.9 Å². The van der Waals surface area contributed by atoms with Gasteiger partial charge in [0.15, 0.2) is 11.5 Å². The van der Waals surface area contributed by atoms with E-state index in [9.17, 15) is 9.59 Å². The van der Waals surface area contributed by atoms with Gasteiger partial charge in [0.1, 0.15) is 0 Å². The van der Waals surface area contributed by atoms with Gasteiger partial charge in [0.05, 0.1) is 24.9 Å². The SMILES string of the molecule is CCOc1cc(/C=N/NC(=O)CNc2cccc3ccccc23)ccc1OC(=O)c1ccc(Br)cc1. The number of fused-ring (bicyclic) bond motifs is 1. The summed E-state index contributed by atoms with van der Waals surface area (Å²) in [4.78, 5) is 24.7. The molecule has 0 radical (unpaired) electrons. The molecule has 0 heterocycles. The van der Waals surface area contributed by atoms with Crippen molar-refractivity contribution in [2.45, 2.75) is 6.92 Å². The van der Waals surface area contributed by atoms with E-state index in [1.165, 1.54) is 6.21 Å². The second-order valence-electron chi connectivity index (χ2n) is 7.71. The molecule has 2 N–H and O–H groups in total. The van der Waals surface area contributed by atoms with Crippen LogP contribution in [0.1, 0.15) is 22.8 Å². The highest BCUT2D eigenvalue weighted by Gasteiger charge is 2.13. The fourth-order valence-electron chi connectivity index (χ4n) is 3.48. The van der Waals surface area contributed by atoms with Gasteiger partial charge in [0.25, 0.3) is 5.91 Å². The Morgan fingerprint density at radius 2 is 1.72 bits per heavy atom. The molecule has 36 heavy (non-hydrogen) atoms. The maximum atomic E-state index is 12.5. The van der Waals surface area contributed by atoms with Crippen LogP contribution in [-0.4, -0.2) is 31.2 Å². The zero-order valence-corrected chi connectivity index (χ0v) is 21.1. The molecule has 4 rings (SSSR count). The van der Waals surface area contributed by atoms with E-state index in [-0.39, 0.29) is 12.5 Å². The van der Waals surface area contributed by atoms with E-state index in [1.807, 2.05) is 49.4 Å². The van der Waals surface area contributed by atoms with Crippen LogP contribution in [0.5, 0.6) is 11.5 Å². The number of esters is 1. The number of carbonyl (C=O) groups is 2. The van der Waals surface area contributed by atoms with Gasteiger partial charge in [-0.1, -0.05) is 52.3 Å². The lowest BCUT2D eigenvalue weighted by Gasteiger charge is -2.11. The quantitative estimate of drug-likeness (QED) is 0.120. The Labute approximate surface area is 217 Å². The van der Waals surface area contributed by atoms with Gasteiger partial charge in [-0.25, -0.2) is 10.2 Å². The maximum Gasteiger partial charge on any atom is 0.343 e. The number of halogens is 1. The Morgan fingerprint density at radius 1 is 0.944 bits per heavy atom. The van der Waals surface area contributed by atoms with Crippen molar-refractivity contribution in [2.75, 3.05) is 18.5 Å². The molecule has 0 saturated heterocycles. The molecule has 0 fully saturated rings. The van der Waals surface area contributed by atoms with Crippen molar-refractivity contribution in [2.24, 2.45) is 5.10 Å². The molecule has 182 valence electrons. The van der Waals surface area contributed by atoms with E-state index >= 15 is 0 Å². The minimum atomic E-state index is -0.490. The molecule has 7 nitrogen and oxygen atoms in total. The van der Waals surface area contributed by atoms with Crippen LogP contribution in [0.15, 0.2) is 94.5 Å². The van der Waals surface area contributed by atoms with Crippen molar-refractivity contribution in [1.29, 1.82) is 0 Å². The number of nitrogens with one attached hydrogen (secondary N) is 2. The molecular weight excluding hydrogens is 522 g/mol. The molecule has 0 unspecified atom stereocenters. The Balaban J connectivity index is 1.36. The molecule has 0 aromatic heterocycles. The summed E-state index contributed by atoms with van der Waals surface area (Å²) in [6.07, 6.45) is 1.50. The third kappa shape index (κ3) is 6.49. The first kappa shape index (κ1) is 24.9. The maximum absolute atomic E-state index is 12.5. The van der Waals surface area contributed by atoms with Crippen LogP contribution < -0.4 is 20.2 Å². The summed E-state index contributed by atoms with van der Waals surface area (Å²) in [7, 11) is 0. The summed E-state index contributed by atoms with van der Waals surface area (Å²) in [5.74, 6) is -0.0822. The van der Waals surface area contributed by atoms with E-state index < -0.39 is 5.97 Å². The fraction of sp³-hybridized carbons (Fsp3) is 0.107. The number of carbonyl (C=O) groups excluding carboxylic acids is 2. The van der Waals surface area contributed by atoms with Crippen LogP contribution in [0.3, 0.4) is 0 Å². The summed E-state index contributed by atoms with van der Waals surface area (Å²) < 4.78 is 12.0. The van der Waals surface area contributed by atoms with Crippen molar-refractivity contribution in [3.8, 4) is 11.5 Å². The average molecular weight is 546 g/mol. The second-order valence-corrected chi connectivity index (χ2v) is 8.62. The molecule has 4 aromatic rings. The predicted octanol–water partition coefficient (Wildman–Crippen LogP) is 5.78. The van der Waals surface area contributed by atoms with Gasteiger partial charge < -0.3 is 14.8 Å². The number of amides is 1. The van der Waals surface area contributed by atoms with Crippen LogP contribution in [0.4, 0.5) is 5.69 Å². The molecule has 4 aromatic carbocycles.